The van der Waals surface area contributed by atoms with E-state index in [-0.39, 0.29) is 18.1 Å². The fourth-order valence-corrected chi connectivity index (χ4v) is 1.84. The average molecular weight is 256 g/mol. The lowest BCUT2D eigenvalue weighted by Crippen LogP contribution is -2.41. The zero-order valence-corrected chi connectivity index (χ0v) is 10.6. The molecular formula is C13H18F2N2O. The largest absolute Gasteiger partial charge is 0.329 e. The van der Waals surface area contributed by atoms with Crippen LogP contribution < -0.4 is 11.1 Å². The van der Waals surface area contributed by atoms with E-state index in [1.807, 2.05) is 13.8 Å². The first kappa shape index (κ1) is 14.6. The highest BCUT2D eigenvalue weighted by Crippen LogP contribution is 2.27. The van der Waals surface area contributed by atoms with Crippen molar-refractivity contribution in [3.8, 4) is 0 Å². The normalized spacial score (nSPS) is 11.4. The second-order valence-corrected chi connectivity index (χ2v) is 4.30. The maximum Gasteiger partial charge on any atom is 0.231 e. The topological polar surface area (TPSA) is 55.1 Å². The summed E-state index contributed by atoms with van der Waals surface area (Å²) in [5.41, 5.74) is 5.05. The Morgan fingerprint density at radius 2 is 1.72 bits per heavy atom. The Balaban J connectivity index is 2.92. The number of carbonyl (C=O) groups is 1. The molecule has 1 aromatic carbocycles. The van der Waals surface area contributed by atoms with Gasteiger partial charge < -0.3 is 11.1 Å². The summed E-state index contributed by atoms with van der Waals surface area (Å²) >= 11 is 0. The Morgan fingerprint density at radius 3 is 2.11 bits per heavy atom. The second kappa shape index (κ2) is 5.91. The standard InChI is InChI=1S/C13H18F2N2O/c1-3-13(4-2,8-16)12(18)17-11-6-9(14)5-10(15)7-11/h5-7H,3-4,8,16H2,1-2H3,(H,17,18). The first-order valence-corrected chi connectivity index (χ1v) is 5.95. The van der Waals surface area contributed by atoms with Crippen molar-refractivity contribution < 1.29 is 13.6 Å². The van der Waals surface area contributed by atoms with Crippen LogP contribution >= 0.6 is 0 Å². The summed E-state index contributed by atoms with van der Waals surface area (Å²) in [5, 5.41) is 2.52. The molecule has 5 heteroatoms. The van der Waals surface area contributed by atoms with Gasteiger partial charge in [0.2, 0.25) is 5.91 Å². The van der Waals surface area contributed by atoms with E-state index in [4.69, 9.17) is 5.73 Å². The summed E-state index contributed by atoms with van der Waals surface area (Å²) in [5.74, 6) is -1.76. The molecule has 0 fully saturated rings. The summed E-state index contributed by atoms with van der Waals surface area (Å²) in [6.45, 7) is 3.92. The molecule has 0 heterocycles. The Kier molecular flexibility index (Phi) is 4.78. The molecule has 0 aliphatic heterocycles. The van der Waals surface area contributed by atoms with Gasteiger partial charge in [0.05, 0.1) is 5.41 Å². The molecule has 1 amide bonds. The van der Waals surface area contributed by atoms with Crippen molar-refractivity contribution in [1.29, 1.82) is 0 Å². The lowest BCUT2D eigenvalue weighted by molar-refractivity contribution is -0.125. The highest BCUT2D eigenvalue weighted by Gasteiger charge is 2.33. The minimum Gasteiger partial charge on any atom is -0.329 e. The number of amides is 1. The Bertz CT molecular complexity index is 402. The molecule has 3 N–H and O–H groups in total. The number of nitrogens with one attached hydrogen (secondary N) is 1. The summed E-state index contributed by atoms with van der Waals surface area (Å²) in [6, 6.07) is 2.91. The van der Waals surface area contributed by atoms with Gasteiger partial charge in [-0.25, -0.2) is 8.78 Å². The van der Waals surface area contributed by atoms with Crippen LogP contribution in [0.1, 0.15) is 26.7 Å². The highest BCUT2D eigenvalue weighted by molar-refractivity contribution is 5.95. The number of halogens is 2. The molecule has 100 valence electrons. The van der Waals surface area contributed by atoms with Gasteiger partial charge in [-0.3, -0.25) is 4.79 Å². The zero-order valence-electron chi connectivity index (χ0n) is 10.6. The van der Waals surface area contributed by atoms with E-state index in [1.54, 1.807) is 0 Å². The van der Waals surface area contributed by atoms with Crippen molar-refractivity contribution >= 4 is 11.6 Å². The predicted octanol–water partition coefficient (Wildman–Crippen LogP) is 2.67. The number of benzene rings is 1. The molecule has 0 saturated heterocycles. The van der Waals surface area contributed by atoms with Crippen LogP contribution in [0.2, 0.25) is 0 Å². The van der Waals surface area contributed by atoms with Crippen LogP contribution in [0.5, 0.6) is 0 Å². The van der Waals surface area contributed by atoms with Crippen molar-refractivity contribution in [2.45, 2.75) is 26.7 Å². The lowest BCUT2D eigenvalue weighted by atomic mass is 9.81. The average Bonchev–Trinajstić information content (AvgIpc) is 2.30. The second-order valence-electron chi connectivity index (χ2n) is 4.30. The number of hydrogen-bond donors (Lipinski definition) is 2. The molecule has 0 aliphatic carbocycles. The SMILES string of the molecule is CCC(CC)(CN)C(=O)Nc1cc(F)cc(F)c1. The Hall–Kier alpha value is -1.49. The molecule has 0 aromatic heterocycles. The molecule has 0 atom stereocenters. The molecule has 18 heavy (non-hydrogen) atoms. The van der Waals surface area contributed by atoms with E-state index in [9.17, 15) is 13.6 Å². The smallest absolute Gasteiger partial charge is 0.231 e. The predicted molar refractivity (Wildman–Crippen MR) is 67.1 cm³/mol. The number of anilines is 1. The molecule has 0 bridgehead atoms. The van der Waals surface area contributed by atoms with Crippen molar-refractivity contribution in [3.63, 3.8) is 0 Å². The van der Waals surface area contributed by atoms with E-state index in [2.05, 4.69) is 5.32 Å². The van der Waals surface area contributed by atoms with E-state index >= 15 is 0 Å². The third-order valence-electron chi connectivity index (χ3n) is 3.35. The van der Waals surface area contributed by atoms with Crippen LogP contribution in [-0.2, 0) is 4.79 Å². The Labute approximate surface area is 105 Å². The first-order valence-electron chi connectivity index (χ1n) is 5.95. The zero-order chi connectivity index (χ0) is 13.8. The fraction of sp³-hybridized carbons (Fsp3) is 0.462. The quantitative estimate of drug-likeness (QED) is 0.851. The number of hydrogen-bond acceptors (Lipinski definition) is 2. The van der Waals surface area contributed by atoms with E-state index in [0.29, 0.717) is 12.8 Å². The summed E-state index contributed by atoms with van der Waals surface area (Å²) < 4.78 is 26.0. The third kappa shape index (κ3) is 3.04. The Morgan fingerprint density at radius 1 is 1.22 bits per heavy atom. The van der Waals surface area contributed by atoms with Gasteiger partial charge in [0.15, 0.2) is 0 Å². The van der Waals surface area contributed by atoms with Gasteiger partial charge in [-0.1, -0.05) is 13.8 Å². The van der Waals surface area contributed by atoms with Crippen molar-refractivity contribution in [3.05, 3.63) is 29.8 Å². The van der Waals surface area contributed by atoms with Gasteiger partial charge in [-0.2, -0.15) is 0 Å². The van der Waals surface area contributed by atoms with Crippen LogP contribution in [0.3, 0.4) is 0 Å². The van der Waals surface area contributed by atoms with Gasteiger partial charge in [0.1, 0.15) is 11.6 Å². The molecular weight excluding hydrogens is 238 g/mol. The van der Waals surface area contributed by atoms with Crippen molar-refractivity contribution in [1.82, 2.24) is 0 Å². The van der Waals surface area contributed by atoms with Crippen molar-refractivity contribution in [2.75, 3.05) is 11.9 Å². The van der Waals surface area contributed by atoms with Gasteiger partial charge >= 0.3 is 0 Å². The van der Waals surface area contributed by atoms with E-state index in [0.717, 1.165) is 18.2 Å². The maximum absolute atomic E-state index is 13.0. The monoisotopic (exact) mass is 256 g/mol. The summed E-state index contributed by atoms with van der Waals surface area (Å²) in [4.78, 5) is 12.1. The fourth-order valence-electron chi connectivity index (χ4n) is 1.84. The molecule has 0 spiro atoms. The van der Waals surface area contributed by atoms with Crippen LogP contribution in [0.15, 0.2) is 18.2 Å². The minimum atomic E-state index is -0.725. The molecule has 0 aliphatic rings. The molecule has 0 saturated carbocycles. The number of nitrogens with two attached hydrogens (primary N) is 1. The van der Waals surface area contributed by atoms with E-state index in [1.165, 1.54) is 0 Å². The highest BCUT2D eigenvalue weighted by atomic mass is 19.1. The molecule has 1 aromatic rings. The molecule has 0 radical (unpaired) electrons. The van der Waals surface area contributed by atoms with Gasteiger partial charge in [0, 0.05) is 18.3 Å². The lowest BCUT2D eigenvalue weighted by Gasteiger charge is -2.28. The minimum absolute atomic E-state index is 0.109. The van der Waals surface area contributed by atoms with Crippen LogP contribution in [-0.4, -0.2) is 12.5 Å². The van der Waals surface area contributed by atoms with Gasteiger partial charge in [-0.05, 0) is 25.0 Å². The first-order chi connectivity index (χ1) is 8.47. The van der Waals surface area contributed by atoms with Gasteiger partial charge in [0.25, 0.3) is 0 Å². The van der Waals surface area contributed by atoms with E-state index < -0.39 is 17.0 Å². The number of rotatable bonds is 5. The molecule has 1 rings (SSSR count). The maximum atomic E-state index is 13.0. The molecule has 0 unspecified atom stereocenters. The van der Waals surface area contributed by atoms with Crippen molar-refractivity contribution in [2.24, 2.45) is 11.1 Å². The van der Waals surface area contributed by atoms with Gasteiger partial charge in [-0.15, -0.1) is 0 Å². The number of carbonyl (C=O) groups excluding carboxylic acids is 1. The molecule has 3 nitrogen and oxygen atoms in total. The van der Waals surface area contributed by atoms with Crippen LogP contribution in [0.4, 0.5) is 14.5 Å². The third-order valence-corrected chi connectivity index (χ3v) is 3.35. The summed E-state index contributed by atoms with van der Waals surface area (Å²) in [6.07, 6.45) is 1.15. The van der Waals surface area contributed by atoms with Crippen LogP contribution in [0, 0.1) is 17.0 Å². The van der Waals surface area contributed by atoms with Crippen LogP contribution in [0.25, 0.3) is 0 Å². The summed E-state index contributed by atoms with van der Waals surface area (Å²) in [7, 11) is 0.